The van der Waals surface area contributed by atoms with E-state index in [1.165, 1.54) is 6.07 Å². The Morgan fingerprint density at radius 3 is 2.73 bits per heavy atom. The molecule has 15 heavy (non-hydrogen) atoms. The summed E-state index contributed by atoms with van der Waals surface area (Å²) in [5, 5.41) is 6.10. The molecule has 2 N–H and O–H groups in total. The average molecular weight is 212 g/mol. The lowest BCUT2D eigenvalue weighted by Gasteiger charge is -2.08. The smallest absolute Gasteiger partial charge is 0.167 e. The maximum absolute atomic E-state index is 13.4. The SMILES string of the molecule is CCOc1ccc(NCCNC)cc1F. The van der Waals surface area contributed by atoms with Crippen molar-refractivity contribution < 1.29 is 9.13 Å². The maximum Gasteiger partial charge on any atom is 0.167 e. The largest absolute Gasteiger partial charge is 0.491 e. The predicted molar refractivity (Wildman–Crippen MR) is 60.0 cm³/mol. The van der Waals surface area contributed by atoms with Gasteiger partial charge in [0.05, 0.1) is 6.61 Å². The second-order valence-electron chi connectivity index (χ2n) is 3.11. The minimum absolute atomic E-state index is 0.302. The van der Waals surface area contributed by atoms with Crippen LogP contribution in [-0.4, -0.2) is 26.7 Å². The van der Waals surface area contributed by atoms with Crippen LogP contribution in [0.1, 0.15) is 6.92 Å². The molecule has 84 valence electrons. The quantitative estimate of drug-likeness (QED) is 0.706. The normalized spacial score (nSPS) is 10.1. The second kappa shape index (κ2) is 6.24. The van der Waals surface area contributed by atoms with E-state index in [9.17, 15) is 4.39 Å². The molecule has 0 atom stereocenters. The zero-order valence-corrected chi connectivity index (χ0v) is 9.14. The van der Waals surface area contributed by atoms with Crippen molar-refractivity contribution >= 4 is 5.69 Å². The molecule has 0 saturated carbocycles. The number of ether oxygens (including phenoxy) is 1. The van der Waals surface area contributed by atoms with Crippen molar-refractivity contribution in [3.05, 3.63) is 24.0 Å². The second-order valence-corrected chi connectivity index (χ2v) is 3.11. The molecular weight excluding hydrogens is 195 g/mol. The van der Waals surface area contributed by atoms with E-state index in [4.69, 9.17) is 4.74 Å². The van der Waals surface area contributed by atoms with Gasteiger partial charge in [-0.3, -0.25) is 0 Å². The molecule has 0 fully saturated rings. The molecule has 0 bridgehead atoms. The lowest BCUT2D eigenvalue weighted by molar-refractivity contribution is 0.321. The number of rotatable bonds is 6. The summed E-state index contributed by atoms with van der Waals surface area (Å²) in [6.07, 6.45) is 0. The van der Waals surface area contributed by atoms with Gasteiger partial charge in [-0.05, 0) is 26.1 Å². The first-order valence-electron chi connectivity index (χ1n) is 5.08. The van der Waals surface area contributed by atoms with Gasteiger partial charge in [0.25, 0.3) is 0 Å². The van der Waals surface area contributed by atoms with E-state index in [0.29, 0.717) is 12.4 Å². The summed E-state index contributed by atoms with van der Waals surface area (Å²) in [5.74, 6) is -0.0250. The molecular formula is C11H17FN2O. The van der Waals surface area contributed by atoms with Gasteiger partial charge in [0, 0.05) is 24.8 Å². The van der Waals surface area contributed by atoms with Crippen molar-refractivity contribution in [2.24, 2.45) is 0 Å². The first-order valence-corrected chi connectivity index (χ1v) is 5.08. The number of likely N-dealkylation sites (N-methyl/N-ethyl adjacent to an activating group) is 1. The third-order valence-electron chi connectivity index (χ3n) is 1.94. The highest BCUT2D eigenvalue weighted by Crippen LogP contribution is 2.20. The molecule has 0 aliphatic carbocycles. The minimum Gasteiger partial charge on any atom is -0.491 e. The van der Waals surface area contributed by atoms with Crippen molar-refractivity contribution in [3.63, 3.8) is 0 Å². The highest BCUT2D eigenvalue weighted by molar-refractivity contribution is 5.47. The molecule has 0 aliphatic heterocycles. The summed E-state index contributed by atoms with van der Waals surface area (Å²) in [6, 6.07) is 4.89. The Labute approximate surface area is 89.6 Å². The Bertz CT molecular complexity index is 305. The van der Waals surface area contributed by atoms with Crippen molar-refractivity contribution in [3.8, 4) is 5.75 Å². The molecule has 0 amide bonds. The molecule has 4 heteroatoms. The van der Waals surface area contributed by atoms with Crippen LogP contribution in [0.25, 0.3) is 0 Å². The minimum atomic E-state index is -0.327. The van der Waals surface area contributed by atoms with Crippen LogP contribution >= 0.6 is 0 Å². The van der Waals surface area contributed by atoms with E-state index in [0.717, 1.165) is 18.8 Å². The summed E-state index contributed by atoms with van der Waals surface area (Å²) in [7, 11) is 1.88. The molecule has 0 spiro atoms. The van der Waals surface area contributed by atoms with Crippen molar-refractivity contribution in [1.29, 1.82) is 0 Å². The van der Waals surface area contributed by atoms with Crippen molar-refractivity contribution in [2.45, 2.75) is 6.92 Å². The molecule has 1 aromatic carbocycles. The van der Waals surface area contributed by atoms with Gasteiger partial charge in [0.15, 0.2) is 11.6 Å². The van der Waals surface area contributed by atoms with Crippen LogP contribution in [0.4, 0.5) is 10.1 Å². The molecule has 1 rings (SSSR count). The zero-order valence-electron chi connectivity index (χ0n) is 9.14. The van der Waals surface area contributed by atoms with Crippen LogP contribution in [0.2, 0.25) is 0 Å². The number of anilines is 1. The summed E-state index contributed by atoms with van der Waals surface area (Å²) in [6.45, 7) is 3.92. The zero-order chi connectivity index (χ0) is 11.1. The Balaban J connectivity index is 2.56. The van der Waals surface area contributed by atoms with Crippen LogP contribution in [-0.2, 0) is 0 Å². The standard InChI is InChI=1S/C11H17FN2O/c1-3-15-11-5-4-9(8-10(11)12)14-7-6-13-2/h4-5,8,13-14H,3,6-7H2,1-2H3. The number of hydrogen-bond acceptors (Lipinski definition) is 3. The Morgan fingerprint density at radius 2 is 2.13 bits per heavy atom. The molecule has 0 heterocycles. The highest BCUT2D eigenvalue weighted by atomic mass is 19.1. The maximum atomic E-state index is 13.4. The van der Waals surface area contributed by atoms with E-state index in [1.54, 1.807) is 6.07 Å². The molecule has 0 unspecified atom stereocenters. The number of nitrogens with one attached hydrogen (secondary N) is 2. The average Bonchev–Trinajstić information content (AvgIpc) is 2.23. The van der Waals surface area contributed by atoms with Gasteiger partial charge in [-0.2, -0.15) is 0 Å². The Hall–Kier alpha value is -1.29. The van der Waals surface area contributed by atoms with Gasteiger partial charge in [-0.15, -0.1) is 0 Å². The van der Waals surface area contributed by atoms with Gasteiger partial charge in [-0.25, -0.2) is 4.39 Å². The third-order valence-corrected chi connectivity index (χ3v) is 1.94. The summed E-state index contributed by atoms with van der Waals surface area (Å²) >= 11 is 0. The molecule has 0 saturated heterocycles. The predicted octanol–water partition coefficient (Wildman–Crippen LogP) is 1.86. The summed E-state index contributed by atoms with van der Waals surface area (Å²) in [5.41, 5.74) is 0.770. The van der Waals surface area contributed by atoms with E-state index in [2.05, 4.69) is 10.6 Å². The number of halogens is 1. The van der Waals surface area contributed by atoms with Gasteiger partial charge < -0.3 is 15.4 Å². The molecule has 3 nitrogen and oxygen atoms in total. The van der Waals surface area contributed by atoms with Gasteiger partial charge in [0.1, 0.15) is 0 Å². The lowest BCUT2D eigenvalue weighted by Crippen LogP contribution is -2.17. The Kier molecular flexibility index (Phi) is 4.90. The molecule has 0 aromatic heterocycles. The van der Waals surface area contributed by atoms with Gasteiger partial charge in [0.2, 0.25) is 0 Å². The van der Waals surface area contributed by atoms with E-state index in [1.807, 2.05) is 20.0 Å². The van der Waals surface area contributed by atoms with Crippen LogP contribution in [0.15, 0.2) is 18.2 Å². The van der Waals surface area contributed by atoms with E-state index >= 15 is 0 Å². The van der Waals surface area contributed by atoms with Gasteiger partial charge in [-0.1, -0.05) is 0 Å². The Morgan fingerprint density at radius 1 is 1.33 bits per heavy atom. The third kappa shape index (κ3) is 3.75. The number of hydrogen-bond donors (Lipinski definition) is 2. The summed E-state index contributed by atoms with van der Waals surface area (Å²) in [4.78, 5) is 0. The first-order chi connectivity index (χ1) is 7.27. The summed E-state index contributed by atoms with van der Waals surface area (Å²) < 4.78 is 18.5. The van der Waals surface area contributed by atoms with E-state index in [-0.39, 0.29) is 5.82 Å². The highest BCUT2D eigenvalue weighted by Gasteiger charge is 2.03. The fourth-order valence-electron chi connectivity index (χ4n) is 1.22. The molecule has 1 aromatic rings. The fraction of sp³-hybridized carbons (Fsp3) is 0.455. The van der Waals surface area contributed by atoms with Gasteiger partial charge >= 0.3 is 0 Å². The van der Waals surface area contributed by atoms with Crippen LogP contribution < -0.4 is 15.4 Å². The first kappa shape index (κ1) is 11.8. The lowest BCUT2D eigenvalue weighted by atomic mass is 10.3. The molecule has 0 radical (unpaired) electrons. The van der Waals surface area contributed by atoms with Crippen molar-refractivity contribution in [2.75, 3.05) is 32.1 Å². The van der Waals surface area contributed by atoms with E-state index < -0.39 is 0 Å². The van der Waals surface area contributed by atoms with Crippen LogP contribution in [0.5, 0.6) is 5.75 Å². The van der Waals surface area contributed by atoms with Crippen LogP contribution in [0, 0.1) is 5.82 Å². The monoisotopic (exact) mass is 212 g/mol. The fourth-order valence-corrected chi connectivity index (χ4v) is 1.22. The number of benzene rings is 1. The van der Waals surface area contributed by atoms with Crippen LogP contribution in [0.3, 0.4) is 0 Å². The topological polar surface area (TPSA) is 33.3 Å². The molecule has 0 aliphatic rings. The van der Waals surface area contributed by atoms with Crippen molar-refractivity contribution in [1.82, 2.24) is 5.32 Å².